The van der Waals surface area contributed by atoms with Crippen molar-refractivity contribution in [2.45, 2.75) is 18.9 Å². The van der Waals surface area contributed by atoms with Crippen LogP contribution in [-0.4, -0.2) is 43.1 Å². The summed E-state index contributed by atoms with van der Waals surface area (Å²) in [5.74, 6) is 1.68. The molecule has 1 aliphatic heterocycles. The second-order valence-corrected chi connectivity index (χ2v) is 7.11. The highest BCUT2D eigenvalue weighted by atomic mass is 35.5. The summed E-state index contributed by atoms with van der Waals surface area (Å²) in [6.45, 7) is 1.05. The molecular weight excluding hydrogens is 389 g/mol. The van der Waals surface area contributed by atoms with Crippen molar-refractivity contribution in [2.75, 3.05) is 32.6 Å². The Bertz CT molecular complexity index is 832. The molecule has 27 heavy (non-hydrogen) atoms. The highest BCUT2D eigenvalue weighted by molar-refractivity contribution is 6.36. The summed E-state index contributed by atoms with van der Waals surface area (Å²) in [7, 11) is 3.28. The number of nitrogens with one attached hydrogen (secondary N) is 1. The van der Waals surface area contributed by atoms with Gasteiger partial charge in [0.2, 0.25) is 5.91 Å². The van der Waals surface area contributed by atoms with Gasteiger partial charge in [-0.1, -0.05) is 23.2 Å². The SMILES string of the molecule is COc1ccc(OC)c([C@@H]2CCCN2CC(=O)Nc2ncc(Cl)cc2Cl)c1. The van der Waals surface area contributed by atoms with Crippen molar-refractivity contribution in [3.05, 3.63) is 46.1 Å². The normalized spacial score (nSPS) is 17.0. The highest BCUT2D eigenvalue weighted by Crippen LogP contribution is 2.38. The molecule has 1 aromatic heterocycles. The van der Waals surface area contributed by atoms with Crippen molar-refractivity contribution in [3.8, 4) is 11.5 Å². The van der Waals surface area contributed by atoms with Crippen LogP contribution in [0.25, 0.3) is 0 Å². The predicted octanol–water partition coefficient (Wildman–Crippen LogP) is 4.18. The molecule has 1 aliphatic rings. The Morgan fingerprint density at radius 1 is 1.30 bits per heavy atom. The van der Waals surface area contributed by atoms with Crippen LogP contribution in [0.1, 0.15) is 24.4 Å². The molecule has 0 unspecified atom stereocenters. The molecule has 6 nitrogen and oxygen atoms in total. The minimum Gasteiger partial charge on any atom is -0.497 e. The molecule has 1 atom stereocenters. The van der Waals surface area contributed by atoms with E-state index >= 15 is 0 Å². The summed E-state index contributed by atoms with van der Waals surface area (Å²) in [6, 6.07) is 7.35. The molecule has 3 rings (SSSR count). The predicted molar refractivity (Wildman–Crippen MR) is 106 cm³/mol. The molecule has 0 bridgehead atoms. The van der Waals surface area contributed by atoms with Crippen molar-refractivity contribution < 1.29 is 14.3 Å². The van der Waals surface area contributed by atoms with Crippen molar-refractivity contribution in [1.29, 1.82) is 0 Å². The van der Waals surface area contributed by atoms with E-state index in [1.165, 1.54) is 6.20 Å². The van der Waals surface area contributed by atoms with E-state index in [1.807, 2.05) is 18.2 Å². The summed E-state index contributed by atoms with van der Waals surface area (Å²) in [4.78, 5) is 18.7. The molecular formula is C19H21Cl2N3O3. The molecule has 0 aliphatic carbocycles. The van der Waals surface area contributed by atoms with Crippen molar-refractivity contribution in [1.82, 2.24) is 9.88 Å². The molecule has 1 amide bonds. The van der Waals surface area contributed by atoms with Gasteiger partial charge >= 0.3 is 0 Å². The van der Waals surface area contributed by atoms with Gasteiger partial charge in [0.25, 0.3) is 0 Å². The number of carbonyl (C=O) groups is 1. The van der Waals surface area contributed by atoms with E-state index in [0.29, 0.717) is 15.9 Å². The topological polar surface area (TPSA) is 63.7 Å². The monoisotopic (exact) mass is 409 g/mol. The quantitative estimate of drug-likeness (QED) is 0.774. The number of ether oxygens (including phenoxy) is 2. The minimum absolute atomic E-state index is 0.0782. The summed E-state index contributed by atoms with van der Waals surface area (Å²) in [6.07, 6.45) is 3.39. The van der Waals surface area contributed by atoms with Crippen molar-refractivity contribution in [2.24, 2.45) is 0 Å². The number of nitrogens with zero attached hydrogens (tertiary/aromatic N) is 2. The summed E-state index contributed by atoms with van der Waals surface area (Å²) >= 11 is 11.9. The number of halogens is 2. The number of benzene rings is 1. The number of hydrogen-bond donors (Lipinski definition) is 1. The first-order chi connectivity index (χ1) is 13.0. The van der Waals surface area contributed by atoms with Crippen LogP contribution in [-0.2, 0) is 4.79 Å². The number of hydrogen-bond acceptors (Lipinski definition) is 5. The fraction of sp³-hybridized carbons (Fsp3) is 0.368. The van der Waals surface area contributed by atoms with Gasteiger partial charge in [0.1, 0.15) is 11.5 Å². The van der Waals surface area contributed by atoms with E-state index in [0.717, 1.165) is 36.4 Å². The van der Waals surface area contributed by atoms with E-state index in [-0.39, 0.29) is 18.5 Å². The molecule has 0 saturated carbocycles. The van der Waals surface area contributed by atoms with E-state index in [4.69, 9.17) is 32.7 Å². The second-order valence-electron chi connectivity index (χ2n) is 6.27. The average molecular weight is 410 g/mol. The first-order valence-electron chi connectivity index (χ1n) is 8.58. The Balaban J connectivity index is 1.74. The minimum atomic E-state index is -0.180. The van der Waals surface area contributed by atoms with Crippen molar-refractivity contribution >= 4 is 34.9 Å². The lowest BCUT2D eigenvalue weighted by atomic mass is 10.0. The maximum atomic E-state index is 12.5. The van der Waals surface area contributed by atoms with Crippen LogP contribution in [0.2, 0.25) is 10.0 Å². The Labute approximate surface area is 168 Å². The van der Waals surface area contributed by atoms with Gasteiger partial charge in [0.15, 0.2) is 5.82 Å². The van der Waals surface area contributed by atoms with Crippen LogP contribution in [0.15, 0.2) is 30.5 Å². The van der Waals surface area contributed by atoms with Gasteiger partial charge in [-0.15, -0.1) is 0 Å². The smallest absolute Gasteiger partial charge is 0.239 e. The van der Waals surface area contributed by atoms with Crippen LogP contribution < -0.4 is 14.8 Å². The van der Waals surface area contributed by atoms with Gasteiger partial charge < -0.3 is 14.8 Å². The Morgan fingerprint density at radius 2 is 2.11 bits per heavy atom. The van der Waals surface area contributed by atoms with Gasteiger partial charge in [0.05, 0.1) is 30.8 Å². The number of pyridine rings is 1. The number of likely N-dealkylation sites (tertiary alicyclic amines) is 1. The number of anilines is 1. The lowest BCUT2D eigenvalue weighted by molar-refractivity contribution is -0.117. The molecule has 0 radical (unpaired) electrons. The molecule has 8 heteroatoms. The van der Waals surface area contributed by atoms with E-state index < -0.39 is 0 Å². The zero-order valence-electron chi connectivity index (χ0n) is 15.2. The molecule has 1 saturated heterocycles. The Hall–Kier alpha value is -2.02. The molecule has 1 aromatic carbocycles. The third kappa shape index (κ3) is 4.64. The molecule has 2 aromatic rings. The number of rotatable bonds is 6. The maximum absolute atomic E-state index is 12.5. The Morgan fingerprint density at radius 3 is 2.81 bits per heavy atom. The van der Waals surface area contributed by atoms with Gasteiger partial charge in [-0.3, -0.25) is 9.69 Å². The fourth-order valence-electron chi connectivity index (χ4n) is 3.33. The number of carbonyl (C=O) groups excluding carboxylic acids is 1. The van der Waals surface area contributed by atoms with E-state index in [9.17, 15) is 4.79 Å². The zero-order chi connectivity index (χ0) is 19.4. The fourth-order valence-corrected chi connectivity index (χ4v) is 3.76. The van der Waals surface area contributed by atoms with Crippen LogP contribution in [0, 0.1) is 0 Å². The standard InChI is InChI=1S/C19H21Cl2N3O3/c1-26-13-5-6-17(27-2)14(9-13)16-4-3-7-24(16)11-18(25)23-19-15(21)8-12(20)10-22-19/h5-6,8-10,16H,3-4,7,11H2,1-2H3,(H,22,23,25)/t16-/m0/s1. The Kier molecular flexibility index (Phi) is 6.42. The summed E-state index contributed by atoms with van der Waals surface area (Å²) in [5, 5.41) is 3.48. The van der Waals surface area contributed by atoms with Crippen LogP contribution in [0.5, 0.6) is 11.5 Å². The molecule has 144 valence electrons. The lowest BCUT2D eigenvalue weighted by Crippen LogP contribution is -2.33. The third-order valence-electron chi connectivity index (χ3n) is 4.57. The zero-order valence-corrected chi connectivity index (χ0v) is 16.7. The lowest BCUT2D eigenvalue weighted by Gasteiger charge is -2.26. The molecule has 0 spiro atoms. The first-order valence-corrected chi connectivity index (χ1v) is 9.34. The third-order valence-corrected chi connectivity index (χ3v) is 5.07. The molecule has 2 heterocycles. The second kappa shape index (κ2) is 8.78. The van der Waals surface area contributed by atoms with Gasteiger partial charge in [-0.05, 0) is 43.7 Å². The van der Waals surface area contributed by atoms with Gasteiger partial charge in [0, 0.05) is 17.8 Å². The number of aromatic nitrogens is 1. The van der Waals surface area contributed by atoms with E-state index in [2.05, 4.69) is 15.2 Å². The molecule has 1 N–H and O–H groups in total. The van der Waals surface area contributed by atoms with Crippen LogP contribution in [0.3, 0.4) is 0 Å². The number of methoxy groups -OCH3 is 2. The highest BCUT2D eigenvalue weighted by Gasteiger charge is 2.30. The summed E-state index contributed by atoms with van der Waals surface area (Å²) < 4.78 is 10.9. The van der Waals surface area contributed by atoms with Crippen LogP contribution in [0.4, 0.5) is 5.82 Å². The van der Waals surface area contributed by atoms with Crippen molar-refractivity contribution in [3.63, 3.8) is 0 Å². The van der Waals surface area contributed by atoms with E-state index in [1.54, 1.807) is 20.3 Å². The van der Waals surface area contributed by atoms with Crippen LogP contribution >= 0.6 is 23.2 Å². The van der Waals surface area contributed by atoms with Gasteiger partial charge in [-0.25, -0.2) is 4.98 Å². The molecule has 1 fully saturated rings. The number of amides is 1. The van der Waals surface area contributed by atoms with Gasteiger partial charge in [-0.2, -0.15) is 0 Å². The largest absolute Gasteiger partial charge is 0.497 e. The first kappa shape index (κ1) is 19.7. The average Bonchev–Trinajstić information content (AvgIpc) is 3.11. The summed E-state index contributed by atoms with van der Waals surface area (Å²) in [5.41, 5.74) is 1.02. The maximum Gasteiger partial charge on any atom is 0.239 e.